The normalized spacial score (nSPS) is 18.1. The quantitative estimate of drug-likeness (QED) is 0.804. The van der Waals surface area contributed by atoms with Crippen LogP contribution >= 0.6 is 0 Å². The Bertz CT molecular complexity index is 657. The smallest absolute Gasteiger partial charge is 0.378 e. The standard InChI is InChI=1S/C18H16F3N/c19-18(20,21)14-9-11-15(12-10-14)22-17-8-4-7-16(17)13-5-2-1-3-6-13/h1-3,5-7,9-12,17,22H,4,8H2. The molecule has 0 aliphatic heterocycles. The molecule has 3 rings (SSSR count). The molecular weight excluding hydrogens is 287 g/mol. The Balaban J connectivity index is 1.75. The Morgan fingerprint density at radius 2 is 1.59 bits per heavy atom. The number of nitrogens with one attached hydrogen (secondary N) is 1. The van der Waals surface area contributed by atoms with Crippen molar-refractivity contribution in [1.29, 1.82) is 0 Å². The van der Waals surface area contributed by atoms with Gasteiger partial charge in [-0.3, -0.25) is 0 Å². The minimum atomic E-state index is -4.29. The summed E-state index contributed by atoms with van der Waals surface area (Å²) in [7, 11) is 0. The minimum Gasteiger partial charge on any atom is -0.378 e. The zero-order valence-corrected chi connectivity index (χ0v) is 11.9. The van der Waals surface area contributed by atoms with Crippen molar-refractivity contribution in [3.05, 3.63) is 71.8 Å². The van der Waals surface area contributed by atoms with E-state index in [4.69, 9.17) is 0 Å². The fourth-order valence-corrected chi connectivity index (χ4v) is 2.76. The maximum atomic E-state index is 12.6. The third-order valence-electron chi connectivity index (χ3n) is 3.86. The summed E-state index contributed by atoms with van der Waals surface area (Å²) in [5.74, 6) is 0. The molecule has 0 spiro atoms. The van der Waals surface area contributed by atoms with E-state index in [-0.39, 0.29) is 6.04 Å². The van der Waals surface area contributed by atoms with E-state index in [0.29, 0.717) is 5.69 Å². The number of hydrogen-bond acceptors (Lipinski definition) is 1. The molecule has 0 fully saturated rings. The average Bonchev–Trinajstić information content (AvgIpc) is 2.96. The average molecular weight is 303 g/mol. The van der Waals surface area contributed by atoms with E-state index < -0.39 is 11.7 Å². The predicted molar refractivity (Wildman–Crippen MR) is 82.5 cm³/mol. The number of alkyl halides is 3. The molecule has 22 heavy (non-hydrogen) atoms. The third kappa shape index (κ3) is 3.16. The van der Waals surface area contributed by atoms with Gasteiger partial charge >= 0.3 is 6.18 Å². The highest BCUT2D eigenvalue weighted by atomic mass is 19.4. The van der Waals surface area contributed by atoms with Crippen LogP contribution in [0.4, 0.5) is 18.9 Å². The van der Waals surface area contributed by atoms with Gasteiger partial charge in [-0.25, -0.2) is 0 Å². The number of benzene rings is 2. The van der Waals surface area contributed by atoms with Crippen molar-refractivity contribution in [1.82, 2.24) is 0 Å². The van der Waals surface area contributed by atoms with Crippen LogP contribution in [-0.4, -0.2) is 6.04 Å². The van der Waals surface area contributed by atoms with Crippen molar-refractivity contribution in [2.75, 3.05) is 5.32 Å². The van der Waals surface area contributed by atoms with E-state index in [1.165, 1.54) is 17.7 Å². The molecular formula is C18H16F3N. The predicted octanol–water partition coefficient (Wildman–Crippen LogP) is 5.36. The van der Waals surface area contributed by atoms with Gasteiger partial charge < -0.3 is 5.32 Å². The van der Waals surface area contributed by atoms with Gasteiger partial charge in [0.2, 0.25) is 0 Å². The Kier molecular flexibility index (Phi) is 3.92. The number of rotatable bonds is 3. The van der Waals surface area contributed by atoms with E-state index >= 15 is 0 Å². The van der Waals surface area contributed by atoms with Crippen LogP contribution in [0.1, 0.15) is 24.0 Å². The Labute approximate surface area is 127 Å². The van der Waals surface area contributed by atoms with Gasteiger partial charge in [0.1, 0.15) is 0 Å². The van der Waals surface area contributed by atoms with Crippen LogP contribution in [0.25, 0.3) is 5.57 Å². The fraction of sp³-hybridized carbons (Fsp3) is 0.222. The van der Waals surface area contributed by atoms with Gasteiger partial charge in [-0.05, 0) is 48.2 Å². The van der Waals surface area contributed by atoms with Gasteiger partial charge in [-0.15, -0.1) is 0 Å². The fourth-order valence-electron chi connectivity index (χ4n) is 2.76. The second-order valence-corrected chi connectivity index (χ2v) is 5.37. The molecule has 0 amide bonds. The molecule has 2 aromatic rings. The van der Waals surface area contributed by atoms with E-state index in [1.807, 2.05) is 18.2 Å². The Hall–Kier alpha value is -2.23. The maximum Gasteiger partial charge on any atom is 0.416 e. The third-order valence-corrected chi connectivity index (χ3v) is 3.86. The summed E-state index contributed by atoms with van der Waals surface area (Å²) in [5, 5.41) is 3.33. The molecule has 2 aromatic carbocycles. The van der Waals surface area contributed by atoms with E-state index in [0.717, 1.165) is 30.5 Å². The van der Waals surface area contributed by atoms with Gasteiger partial charge in [-0.1, -0.05) is 36.4 Å². The van der Waals surface area contributed by atoms with E-state index in [9.17, 15) is 13.2 Å². The highest BCUT2D eigenvalue weighted by Gasteiger charge is 2.30. The van der Waals surface area contributed by atoms with Crippen LogP contribution in [0, 0.1) is 0 Å². The molecule has 114 valence electrons. The summed E-state index contributed by atoms with van der Waals surface area (Å²) in [5.41, 5.74) is 2.45. The number of anilines is 1. The van der Waals surface area contributed by atoms with E-state index in [2.05, 4.69) is 23.5 Å². The molecule has 1 aliphatic carbocycles. The zero-order valence-electron chi connectivity index (χ0n) is 11.9. The van der Waals surface area contributed by atoms with Crippen LogP contribution in [0.15, 0.2) is 60.7 Å². The number of hydrogen-bond donors (Lipinski definition) is 1. The first-order valence-corrected chi connectivity index (χ1v) is 7.23. The van der Waals surface area contributed by atoms with E-state index in [1.54, 1.807) is 0 Å². The second kappa shape index (κ2) is 5.87. The summed E-state index contributed by atoms with van der Waals surface area (Å²) in [6, 6.07) is 15.4. The lowest BCUT2D eigenvalue weighted by atomic mass is 10.0. The molecule has 0 heterocycles. The molecule has 1 N–H and O–H groups in total. The molecule has 0 saturated heterocycles. The Morgan fingerprint density at radius 1 is 0.909 bits per heavy atom. The van der Waals surface area contributed by atoms with Gasteiger partial charge in [0.25, 0.3) is 0 Å². The summed E-state index contributed by atoms with van der Waals surface area (Å²) in [4.78, 5) is 0. The van der Waals surface area contributed by atoms with Gasteiger partial charge in [0, 0.05) is 5.69 Å². The first-order valence-electron chi connectivity index (χ1n) is 7.23. The molecule has 1 nitrogen and oxygen atoms in total. The van der Waals surface area contributed by atoms with Crippen molar-refractivity contribution in [3.63, 3.8) is 0 Å². The lowest BCUT2D eigenvalue weighted by molar-refractivity contribution is -0.137. The molecule has 1 atom stereocenters. The van der Waals surface area contributed by atoms with Crippen LogP contribution in [0.3, 0.4) is 0 Å². The zero-order chi connectivity index (χ0) is 15.6. The lowest BCUT2D eigenvalue weighted by Crippen LogP contribution is -2.18. The summed E-state index contributed by atoms with van der Waals surface area (Å²) >= 11 is 0. The molecule has 4 heteroatoms. The first kappa shape index (κ1) is 14.7. The molecule has 0 radical (unpaired) electrons. The van der Waals surface area contributed by atoms with Gasteiger partial charge in [0.15, 0.2) is 0 Å². The Morgan fingerprint density at radius 3 is 2.23 bits per heavy atom. The monoisotopic (exact) mass is 303 g/mol. The molecule has 0 bridgehead atoms. The second-order valence-electron chi connectivity index (χ2n) is 5.37. The van der Waals surface area contributed by atoms with Crippen LogP contribution in [-0.2, 0) is 6.18 Å². The molecule has 0 saturated carbocycles. The van der Waals surface area contributed by atoms with Crippen molar-refractivity contribution in [3.8, 4) is 0 Å². The van der Waals surface area contributed by atoms with Crippen LogP contribution in [0.2, 0.25) is 0 Å². The summed E-state index contributed by atoms with van der Waals surface area (Å²) in [6.45, 7) is 0. The number of halogens is 3. The topological polar surface area (TPSA) is 12.0 Å². The van der Waals surface area contributed by atoms with Crippen molar-refractivity contribution < 1.29 is 13.2 Å². The molecule has 0 aromatic heterocycles. The minimum absolute atomic E-state index is 0.138. The first-order chi connectivity index (χ1) is 10.5. The SMILES string of the molecule is FC(F)(F)c1ccc(NC2CCC=C2c2ccccc2)cc1. The van der Waals surface area contributed by atoms with Crippen LogP contribution in [0.5, 0.6) is 0 Å². The van der Waals surface area contributed by atoms with Gasteiger partial charge in [-0.2, -0.15) is 13.2 Å². The van der Waals surface area contributed by atoms with Gasteiger partial charge in [0.05, 0.1) is 11.6 Å². The summed E-state index contributed by atoms with van der Waals surface area (Å²) in [6.07, 6.45) is -0.175. The highest BCUT2D eigenvalue weighted by molar-refractivity contribution is 5.74. The van der Waals surface area contributed by atoms with Crippen molar-refractivity contribution in [2.45, 2.75) is 25.1 Å². The molecule has 1 aliphatic rings. The van der Waals surface area contributed by atoms with Crippen molar-refractivity contribution >= 4 is 11.3 Å². The van der Waals surface area contributed by atoms with Crippen molar-refractivity contribution in [2.24, 2.45) is 0 Å². The van der Waals surface area contributed by atoms with Crippen LogP contribution < -0.4 is 5.32 Å². The summed E-state index contributed by atoms with van der Waals surface area (Å²) < 4.78 is 37.7. The maximum absolute atomic E-state index is 12.6. The number of allylic oxidation sites excluding steroid dienone is 1. The molecule has 1 unspecified atom stereocenters. The largest absolute Gasteiger partial charge is 0.416 e. The highest BCUT2D eigenvalue weighted by Crippen LogP contribution is 2.33. The lowest BCUT2D eigenvalue weighted by Gasteiger charge is -2.19.